The SMILES string of the molecule is O=C1N[C@H](C2CCC2)[C@H](CO)N2CCOc3c(-c4cn[nH]c4)sc1c32. The third-order valence-corrected chi connectivity index (χ3v) is 6.84. The van der Waals surface area contributed by atoms with E-state index in [1.807, 2.05) is 6.20 Å². The fourth-order valence-corrected chi connectivity index (χ4v) is 5.30. The minimum atomic E-state index is -0.107. The Hall–Kier alpha value is -2.06. The van der Waals surface area contributed by atoms with E-state index >= 15 is 0 Å². The Kier molecular flexibility index (Phi) is 3.49. The van der Waals surface area contributed by atoms with Crippen molar-refractivity contribution in [3.8, 4) is 16.2 Å². The highest BCUT2D eigenvalue weighted by Gasteiger charge is 2.44. The van der Waals surface area contributed by atoms with Crippen molar-refractivity contribution >= 4 is 22.9 Å². The molecule has 25 heavy (non-hydrogen) atoms. The molecule has 5 rings (SSSR count). The maximum Gasteiger partial charge on any atom is 0.263 e. The highest BCUT2D eigenvalue weighted by atomic mass is 32.1. The van der Waals surface area contributed by atoms with Gasteiger partial charge in [0.15, 0.2) is 5.75 Å². The van der Waals surface area contributed by atoms with E-state index in [9.17, 15) is 9.90 Å². The largest absolute Gasteiger partial charge is 0.488 e. The van der Waals surface area contributed by atoms with Crippen molar-refractivity contribution in [3.05, 3.63) is 17.3 Å². The van der Waals surface area contributed by atoms with Gasteiger partial charge in [-0.05, 0) is 18.8 Å². The molecule has 1 saturated carbocycles. The van der Waals surface area contributed by atoms with Gasteiger partial charge in [-0.2, -0.15) is 5.10 Å². The first-order valence-corrected chi connectivity index (χ1v) is 9.56. The Labute approximate surface area is 149 Å². The average molecular weight is 360 g/mol. The second-order valence-corrected chi connectivity index (χ2v) is 7.93. The van der Waals surface area contributed by atoms with E-state index in [0.29, 0.717) is 23.9 Å². The van der Waals surface area contributed by atoms with E-state index in [1.165, 1.54) is 17.8 Å². The number of thiophene rings is 1. The predicted octanol–water partition coefficient (Wildman–Crippen LogP) is 1.61. The Morgan fingerprint density at radius 3 is 2.96 bits per heavy atom. The molecule has 3 aliphatic rings. The molecule has 2 aromatic rings. The van der Waals surface area contributed by atoms with E-state index in [-0.39, 0.29) is 24.6 Å². The topological polar surface area (TPSA) is 90.5 Å². The summed E-state index contributed by atoms with van der Waals surface area (Å²) in [6, 6.07) is -0.112. The van der Waals surface area contributed by atoms with Gasteiger partial charge in [-0.25, -0.2) is 0 Å². The molecule has 0 saturated heterocycles. The number of hydrogen-bond donors (Lipinski definition) is 3. The summed E-state index contributed by atoms with van der Waals surface area (Å²) in [4.78, 5) is 16.7. The van der Waals surface area contributed by atoms with Crippen LogP contribution in [0.15, 0.2) is 12.4 Å². The minimum absolute atomic E-state index is 0.00539. The molecule has 2 atom stereocenters. The molecule has 0 radical (unpaired) electrons. The lowest BCUT2D eigenvalue weighted by Crippen LogP contribution is -2.57. The van der Waals surface area contributed by atoms with E-state index < -0.39 is 0 Å². The summed E-state index contributed by atoms with van der Waals surface area (Å²) in [6.45, 7) is 1.26. The first-order valence-electron chi connectivity index (χ1n) is 8.75. The molecule has 0 spiro atoms. The average Bonchev–Trinajstić information content (AvgIpc) is 3.18. The highest BCUT2D eigenvalue weighted by Crippen LogP contribution is 2.51. The van der Waals surface area contributed by atoms with Crippen molar-refractivity contribution in [2.75, 3.05) is 24.7 Å². The number of H-pyrrole nitrogens is 1. The lowest BCUT2D eigenvalue weighted by Gasteiger charge is -2.43. The Morgan fingerprint density at radius 1 is 1.40 bits per heavy atom. The van der Waals surface area contributed by atoms with E-state index in [4.69, 9.17) is 4.74 Å². The zero-order valence-corrected chi connectivity index (χ0v) is 14.5. The number of carbonyl (C=O) groups excluding carboxylic acids is 1. The number of aromatic amines is 1. The number of aliphatic hydroxyl groups excluding tert-OH is 1. The van der Waals surface area contributed by atoms with Gasteiger partial charge in [-0.15, -0.1) is 11.3 Å². The van der Waals surface area contributed by atoms with E-state index in [1.54, 1.807) is 6.20 Å². The van der Waals surface area contributed by atoms with Gasteiger partial charge >= 0.3 is 0 Å². The molecule has 1 amide bonds. The van der Waals surface area contributed by atoms with Gasteiger partial charge in [0.2, 0.25) is 0 Å². The number of ether oxygens (including phenoxy) is 1. The Morgan fingerprint density at radius 2 is 2.28 bits per heavy atom. The summed E-state index contributed by atoms with van der Waals surface area (Å²) in [7, 11) is 0. The van der Waals surface area contributed by atoms with Gasteiger partial charge in [0, 0.05) is 11.8 Å². The second-order valence-electron chi connectivity index (χ2n) is 6.91. The summed E-state index contributed by atoms with van der Waals surface area (Å²) < 4.78 is 5.96. The molecule has 0 unspecified atom stereocenters. The molecule has 1 fully saturated rings. The summed E-state index contributed by atoms with van der Waals surface area (Å²) in [6.07, 6.45) is 6.99. The molecule has 0 bridgehead atoms. The van der Waals surface area contributed by atoms with Crippen molar-refractivity contribution in [2.45, 2.75) is 31.3 Å². The molecular weight excluding hydrogens is 340 g/mol. The van der Waals surface area contributed by atoms with Crippen molar-refractivity contribution in [1.82, 2.24) is 15.5 Å². The van der Waals surface area contributed by atoms with Crippen LogP contribution in [0.1, 0.15) is 28.9 Å². The molecule has 7 nitrogen and oxygen atoms in total. The van der Waals surface area contributed by atoms with Crippen LogP contribution < -0.4 is 15.0 Å². The zero-order chi connectivity index (χ0) is 17.0. The number of aromatic nitrogens is 2. The molecule has 2 aliphatic heterocycles. The van der Waals surface area contributed by atoms with Crippen LogP contribution in [0.2, 0.25) is 0 Å². The number of nitrogens with one attached hydrogen (secondary N) is 2. The fraction of sp³-hybridized carbons (Fsp3) is 0.529. The van der Waals surface area contributed by atoms with Crippen LogP contribution in [0.5, 0.6) is 5.75 Å². The summed E-state index contributed by atoms with van der Waals surface area (Å²) in [5.74, 6) is 1.14. The lowest BCUT2D eigenvalue weighted by atomic mass is 9.76. The Bertz CT molecular complexity index is 799. The monoisotopic (exact) mass is 360 g/mol. The molecule has 0 aromatic carbocycles. The molecular formula is C17H20N4O3S. The number of anilines is 1. The van der Waals surface area contributed by atoms with Gasteiger partial charge < -0.3 is 20.1 Å². The normalized spacial score (nSPS) is 25.6. The molecule has 132 valence electrons. The van der Waals surface area contributed by atoms with Crippen molar-refractivity contribution < 1.29 is 14.6 Å². The summed E-state index contributed by atoms with van der Waals surface area (Å²) in [5, 5.41) is 20.2. The molecule has 2 aromatic heterocycles. The highest BCUT2D eigenvalue weighted by molar-refractivity contribution is 7.18. The predicted molar refractivity (Wildman–Crippen MR) is 94.2 cm³/mol. The fourth-order valence-electron chi connectivity index (χ4n) is 4.16. The maximum atomic E-state index is 13.0. The van der Waals surface area contributed by atoms with Gasteiger partial charge in [0.1, 0.15) is 17.2 Å². The smallest absolute Gasteiger partial charge is 0.263 e. The van der Waals surface area contributed by atoms with E-state index in [0.717, 1.165) is 34.7 Å². The van der Waals surface area contributed by atoms with Crippen LogP contribution >= 0.6 is 11.3 Å². The third-order valence-electron chi connectivity index (χ3n) is 5.63. The molecule has 3 N–H and O–H groups in total. The van der Waals surface area contributed by atoms with Crippen molar-refractivity contribution in [3.63, 3.8) is 0 Å². The van der Waals surface area contributed by atoms with Crippen LogP contribution in [0.25, 0.3) is 10.4 Å². The quantitative estimate of drug-likeness (QED) is 0.774. The Balaban J connectivity index is 1.64. The number of aliphatic hydroxyl groups is 1. The van der Waals surface area contributed by atoms with Crippen LogP contribution in [0.3, 0.4) is 0 Å². The number of carbonyl (C=O) groups is 1. The maximum absolute atomic E-state index is 13.0. The van der Waals surface area contributed by atoms with Crippen molar-refractivity contribution in [2.24, 2.45) is 5.92 Å². The lowest BCUT2D eigenvalue weighted by molar-refractivity contribution is 0.0875. The number of hydrogen-bond acceptors (Lipinski definition) is 6. The minimum Gasteiger partial charge on any atom is -0.488 e. The standard InChI is InChI=1S/C17H20N4O3S/c22-8-11-12(9-2-1-3-9)20-17(23)16-13-14(24-5-4-21(11)13)15(25-16)10-6-18-19-7-10/h6-7,9,11-12,22H,1-5,8H2,(H,18,19)(H,20,23)/t11-,12+/m0/s1. The second kappa shape index (κ2) is 5.74. The summed E-state index contributed by atoms with van der Waals surface area (Å²) in [5.41, 5.74) is 1.75. The van der Waals surface area contributed by atoms with Crippen molar-refractivity contribution in [1.29, 1.82) is 0 Å². The first-order chi connectivity index (χ1) is 12.3. The van der Waals surface area contributed by atoms with Crippen LogP contribution in [0, 0.1) is 5.92 Å². The number of rotatable bonds is 3. The third kappa shape index (κ3) is 2.20. The molecule has 8 heteroatoms. The van der Waals surface area contributed by atoms with Gasteiger partial charge in [-0.3, -0.25) is 9.89 Å². The van der Waals surface area contributed by atoms with Gasteiger partial charge in [-0.1, -0.05) is 6.42 Å². The van der Waals surface area contributed by atoms with Crippen LogP contribution in [-0.2, 0) is 0 Å². The van der Waals surface area contributed by atoms with Crippen LogP contribution in [-0.4, -0.2) is 53.1 Å². The van der Waals surface area contributed by atoms with Gasteiger partial charge in [0.05, 0.1) is 36.3 Å². The van der Waals surface area contributed by atoms with Gasteiger partial charge in [0.25, 0.3) is 5.91 Å². The zero-order valence-electron chi connectivity index (χ0n) is 13.7. The number of amides is 1. The molecule has 1 aliphatic carbocycles. The summed E-state index contributed by atoms with van der Waals surface area (Å²) >= 11 is 1.44. The van der Waals surface area contributed by atoms with Crippen LogP contribution in [0.4, 0.5) is 5.69 Å². The first kappa shape index (κ1) is 15.2. The van der Waals surface area contributed by atoms with E-state index in [2.05, 4.69) is 20.4 Å². The molecule has 4 heterocycles. The number of nitrogens with zero attached hydrogens (tertiary/aromatic N) is 2.